The minimum atomic E-state index is -0.438. The van der Waals surface area contributed by atoms with Gasteiger partial charge in [0.15, 0.2) is 0 Å². The van der Waals surface area contributed by atoms with Crippen LogP contribution in [-0.2, 0) is 0 Å². The van der Waals surface area contributed by atoms with Gasteiger partial charge in [-0.05, 0) is 45.5 Å². The lowest BCUT2D eigenvalue weighted by Crippen LogP contribution is -2.57. The van der Waals surface area contributed by atoms with Crippen LogP contribution in [-0.4, -0.2) is 44.0 Å². The second-order valence-electron chi connectivity index (χ2n) is 5.94. The van der Waals surface area contributed by atoms with Crippen LogP contribution in [0.25, 0.3) is 0 Å². The smallest absolute Gasteiger partial charge is 0.250 e. The fraction of sp³-hybridized carbons (Fsp3) is 0.533. The molecule has 0 unspecified atom stereocenters. The Morgan fingerprint density at radius 1 is 1.30 bits per heavy atom. The molecule has 0 spiro atoms. The van der Waals surface area contributed by atoms with Crippen molar-refractivity contribution in [3.8, 4) is 0 Å². The summed E-state index contributed by atoms with van der Waals surface area (Å²) in [6, 6.07) is 5.30. The molecule has 1 aliphatic rings. The van der Waals surface area contributed by atoms with Crippen molar-refractivity contribution < 1.29 is 4.79 Å². The standard InChI is InChI=1S/C15H24N4O/c1-18(2)15(8-5-9-15)10-19(3)13-11(14(17)20)6-4-7-12(13)16/h4,6-7H,5,8-10,16H2,1-3H3,(H2,17,20). The molecule has 0 aromatic heterocycles. The van der Waals surface area contributed by atoms with E-state index < -0.39 is 5.91 Å². The number of benzene rings is 1. The van der Waals surface area contributed by atoms with Gasteiger partial charge in [0, 0.05) is 19.1 Å². The van der Waals surface area contributed by atoms with Gasteiger partial charge >= 0.3 is 0 Å². The van der Waals surface area contributed by atoms with Crippen LogP contribution in [0.5, 0.6) is 0 Å². The number of carbonyl (C=O) groups excluding carboxylic acids is 1. The Morgan fingerprint density at radius 3 is 2.40 bits per heavy atom. The monoisotopic (exact) mass is 276 g/mol. The van der Waals surface area contributed by atoms with Crippen LogP contribution in [0.2, 0.25) is 0 Å². The molecule has 2 rings (SSSR count). The van der Waals surface area contributed by atoms with Gasteiger partial charge in [0.05, 0.1) is 16.9 Å². The van der Waals surface area contributed by atoms with E-state index in [1.54, 1.807) is 18.2 Å². The molecule has 1 aliphatic carbocycles. The number of amides is 1. The molecule has 4 N–H and O–H groups in total. The van der Waals surface area contributed by atoms with Crippen LogP contribution >= 0.6 is 0 Å². The third kappa shape index (κ3) is 2.45. The van der Waals surface area contributed by atoms with Gasteiger partial charge in [-0.25, -0.2) is 0 Å². The molecule has 0 radical (unpaired) electrons. The highest BCUT2D eigenvalue weighted by Gasteiger charge is 2.40. The minimum absolute atomic E-state index is 0.173. The molecule has 0 aliphatic heterocycles. The maximum absolute atomic E-state index is 11.6. The van der Waals surface area contributed by atoms with Crippen molar-refractivity contribution in [3.63, 3.8) is 0 Å². The lowest BCUT2D eigenvalue weighted by molar-refractivity contribution is 0.0683. The summed E-state index contributed by atoms with van der Waals surface area (Å²) in [6.45, 7) is 0.842. The highest BCUT2D eigenvalue weighted by atomic mass is 16.1. The zero-order valence-corrected chi connectivity index (χ0v) is 12.5. The maximum atomic E-state index is 11.6. The Balaban J connectivity index is 2.30. The van der Waals surface area contributed by atoms with E-state index in [4.69, 9.17) is 11.5 Å². The molecule has 5 nitrogen and oxygen atoms in total. The summed E-state index contributed by atoms with van der Waals surface area (Å²) < 4.78 is 0. The first-order valence-electron chi connectivity index (χ1n) is 6.94. The second kappa shape index (κ2) is 5.32. The number of rotatable bonds is 5. The van der Waals surface area contributed by atoms with Gasteiger partial charge in [0.1, 0.15) is 0 Å². The van der Waals surface area contributed by atoms with Crippen LogP contribution < -0.4 is 16.4 Å². The number of para-hydroxylation sites is 1. The van der Waals surface area contributed by atoms with Crippen molar-refractivity contribution in [1.82, 2.24) is 4.90 Å². The summed E-state index contributed by atoms with van der Waals surface area (Å²) >= 11 is 0. The maximum Gasteiger partial charge on any atom is 0.250 e. The average Bonchev–Trinajstić information content (AvgIpc) is 2.32. The number of nitrogens with two attached hydrogens (primary N) is 2. The molecule has 20 heavy (non-hydrogen) atoms. The van der Waals surface area contributed by atoms with Crippen molar-refractivity contribution in [3.05, 3.63) is 23.8 Å². The Hall–Kier alpha value is -1.75. The molecule has 5 heteroatoms. The summed E-state index contributed by atoms with van der Waals surface area (Å²) in [5, 5.41) is 0. The summed E-state index contributed by atoms with van der Waals surface area (Å²) in [5.41, 5.74) is 13.5. The fourth-order valence-corrected chi connectivity index (χ4v) is 3.04. The van der Waals surface area contributed by atoms with Gasteiger partial charge in [0.2, 0.25) is 0 Å². The molecule has 1 fully saturated rings. The lowest BCUT2D eigenvalue weighted by atomic mass is 9.75. The minimum Gasteiger partial charge on any atom is -0.397 e. The Bertz CT molecular complexity index is 509. The summed E-state index contributed by atoms with van der Waals surface area (Å²) in [5.74, 6) is -0.438. The van der Waals surface area contributed by atoms with Gasteiger partial charge in [-0.15, -0.1) is 0 Å². The van der Waals surface area contributed by atoms with Crippen LogP contribution in [0.4, 0.5) is 11.4 Å². The van der Waals surface area contributed by atoms with Crippen molar-refractivity contribution in [1.29, 1.82) is 0 Å². The molecule has 1 amide bonds. The predicted octanol–water partition coefficient (Wildman–Crippen LogP) is 1.29. The van der Waals surface area contributed by atoms with Gasteiger partial charge in [-0.2, -0.15) is 0 Å². The first kappa shape index (κ1) is 14.7. The van der Waals surface area contributed by atoms with Crippen molar-refractivity contribution >= 4 is 17.3 Å². The third-order valence-corrected chi connectivity index (χ3v) is 4.48. The molecule has 0 atom stereocenters. The third-order valence-electron chi connectivity index (χ3n) is 4.48. The Morgan fingerprint density at radius 2 is 1.95 bits per heavy atom. The molecule has 0 heterocycles. The summed E-state index contributed by atoms with van der Waals surface area (Å²) in [6.07, 6.45) is 3.59. The number of primary amides is 1. The van der Waals surface area contributed by atoms with E-state index in [0.717, 1.165) is 12.2 Å². The van der Waals surface area contributed by atoms with E-state index >= 15 is 0 Å². The normalized spacial score (nSPS) is 16.8. The van der Waals surface area contributed by atoms with Crippen molar-refractivity contribution in [2.24, 2.45) is 5.73 Å². The van der Waals surface area contributed by atoms with Crippen LogP contribution in [0.15, 0.2) is 18.2 Å². The van der Waals surface area contributed by atoms with E-state index in [1.165, 1.54) is 19.3 Å². The second-order valence-corrected chi connectivity index (χ2v) is 5.94. The van der Waals surface area contributed by atoms with Gasteiger partial charge in [0.25, 0.3) is 5.91 Å². The molecular weight excluding hydrogens is 252 g/mol. The van der Waals surface area contributed by atoms with E-state index in [9.17, 15) is 4.79 Å². The molecule has 1 saturated carbocycles. The molecule has 0 saturated heterocycles. The van der Waals surface area contributed by atoms with Crippen LogP contribution in [0.1, 0.15) is 29.6 Å². The van der Waals surface area contributed by atoms with Crippen molar-refractivity contribution in [2.75, 3.05) is 38.3 Å². The lowest BCUT2D eigenvalue weighted by Gasteiger charge is -2.49. The van der Waals surface area contributed by atoms with E-state index in [2.05, 4.69) is 23.9 Å². The molecule has 1 aromatic rings. The highest BCUT2D eigenvalue weighted by Crippen LogP contribution is 2.38. The molecule has 110 valence electrons. The van der Waals surface area contributed by atoms with Crippen LogP contribution in [0, 0.1) is 0 Å². The number of likely N-dealkylation sites (N-methyl/N-ethyl adjacent to an activating group) is 2. The van der Waals surface area contributed by atoms with E-state index in [0.29, 0.717) is 11.3 Å². The summed E-state index contributed by atoms with van der Waals surface area (Å²) in [4.78, 5) is 15.9. The zero-order chi connectivity index (χ0) is 14.9. The van der Waals surface area contributed by atoms with E-state index in [-0.39, 0.29) is 5.54 Å². The molecular formula is C15H24N4O. The number of hydrogen-bond acceptors (Lipinski definition) is 4. The topological polar surface area (TPSA) is 75.6 Å². The number of carbonyl (C=O) groups is 1. The number of nitrogens with zero attached hydrogens (tertiary/aromatic N) is 2. The SMILES string of the molecule is CN(CC1(N(C)C)CCC1)c1c(N)cccc1C(N)=O. The van der Waals surface area contributed by atoms with Crippen molar-refractivity contribution in [2.45, 2.75) is 24.8 Å². The van der Waals surface area contributed by atoms with E-state index in [1.807, 2.05) is 7.05 Å². The summed E-state index contributed by atoms with van der Waals surface area (Å²) in [7, 11) is 6.19. The average molecular weight is 276 g/mol. The number of anilines is 2. The number of nitrogen functional groups attached to an aromatic ring is 1. The van der Waals surface area contributed by atoms with Gasteiger partial charge in [-0.3, -0.25) is 4.79 Å². The Kier molecular flexibility index (Phi) is 3.90. The predicted molar refractivity (Wildman–Crippen MR) is 82.9 cm³/mol. The molecule has 0 bridgehead atoms. The van der Waals surface area contributed by atoms with Gasteiger partial charge in [-0.1, -0.05) is 6.07 Å². The quantitative estimate of drug-likeness (QED) is 0.795. The molecule has 1 aromatic carbocycles. The highest BCUT2D eigenvalue weighted by molar-refractivity contribution is 6.01. The number of hydrogen-bond donors (Lipinski definition) is 2. The van der Waals surface area contributed by atoms with Gasteiger partial charge < -0.3 is 21.3 Å². The zero-order valence-electron chi connectivity index (χ0n) is 12.5. The Labute approximate surface area is 120 Å². The largest absolute Gasteiger partial charge is 0.397 e. The fourth-order valence-electron chi connectivity index (χ4n) is 3.04. The first-order chi connectivity index (χ1) is 9.37. The van der Waals surface area contributed by atoms with Crippen LogP contribution in [0.3, 0.4) is 0 Å². The first-order valence-corrected chi connectivity index (χ1v) is 6.94.